The molecule has 2 N–H and O–H groups in total. The maximum Gasteiger partial charge on any atom is 0.261 e. The van der Waals surface area contributed by atoms with Gasteiger partial charge in [0.2, 0.25) is 6.79 Å². The first-order valence-electron chi connectivity index (χ1n) is 14.9. The topological polar surface area (TPSA) is 127 Å². The van der Waals surface area contributed by atoms with Gasteiger partial charge in [-0.25, -0.2) is 0 Å². The molecule has 1 radical (unpaired) electrons. The van der Waals surface area contributed by atoms with Crippen LogP contribution in [-0.4, -0.2) is 75.2 Å². The number of piperazine rings is 1. The zero-order chi connectivity index (χ0) is 30.8. The summed E-state index contributed by atoms with van der Waals surface area (Å²) in [6, 6.07) is 9.28. The normalized spacial score (nSPS) is 26.0. The van der Waals surface area contributed by atoms with Crippen LogP contribution in [0.3, 0.4) is 0 Å². The molecule has 0 spiro atoms. The number of nitrogens with zero attached hydrogens (tertiary/aromatic N) is 4. The first-order valence-corrected chi connectivity index (χ1v) is 14.9. The second-order valence-electron chi connectivity index (χ2n) is 12.6. The van der Waals surface area contributed by atoms with Gasteiger partial charge in [-0.3, -0.25) is 24.3 Å². The second kappa shape index (κ2) is 10.7. The van der Waals surface area contributed by atoms with Crippen LogP contribution in [0.4, 0.5) is 0 Å². The molecular weight excluding hydrogens is 787 g/mol. The average molecular weight is 820 g/mol. The van der Waals surface area contributed by atoms with Crippen molar-refractivity contribution >= 4 is 11.8 Å². The summed E-state index contributed by atoms with van der Waals surface area (Å²) in [4.78, 5) is 32.9. The van der Waals surface area contributed by atoms with Gasteiger partial charge in [-0.05, 0) is 69.5 Å². The summed E-state index contributed by atoms with van der Waals surface area (Å²) in [6.07, 6.45) is 0.922. The summed E-state index contributed by atoms with van der Waals surface area (Å²) < 4.78 is 11.8. The fraction of sp³-hybridized carbons (Fsp3) is 0.382. The predicted molar refractivity (Wildman–Crippen MR) is 158 cm³/mol. The van der Waals surface area contributed by atoms with Crippen LogP contribution in [-0.2, 0) is 12.8 Å². The van der Waals surface area contributed by atoms with Gasteiger partial charge < -0.3 is 19.7 Å². The van der Waals surface area contributed by atoms with E-state index in [4.69, 9.17) is 9.47 Å². The van der Waals surface area contributed by atoms with Gasteiger partial charge in [0.15, 0.2) is 11.5 Å². The number of ether oxygens (including phenoxy) is 2. The van der Waals surface area contributed by atoms with Gasteiger partial charge in [0.25, 0.3) is 11.8 Å². The van der Waals surface area contributed by atoms with E-state index in [1.807, 2.05) is 20.9 Å². The van der Waals surface area contributed by atoms with Crippen LogP contribution in [0.15, 0.2) is 30.3 Å². The van der Waals surface area contributed by atoms with E-state index in [2.05, 4.69) is 21.9 Å². The maximum atomic E-state index is 13.7. The van der Waals surface area contributed by atoms with E-state index in [1.54, 1.807) is 31.2 Å². The number of fused-ring (bicyclic) bond motifs is 10. The molecule has 3 aromatic carbocycles. The van der Waals surface area contributed by atoms with Gasteiger partial charge in [0, 0.05) is 84.9 Å². The number of aryl methyl sites for hydroxylation is 1. The summed E-state index contributed by atoms with van der Waals surface area (Å²) in [7, 11) is 1.99. The molecule has 5 atom stereocenters. The summed E-state index contributed by atoms with van der Waals surface area (Å²) in [5, 5.41) is 34.0. The number of imide groups is 1. The Labute approximate surface area is 296 Å². The summed E-state index contributed by atoms with van der Waals surface area (Å²) in [6.45, 7) is 5.61. The average Bonchev–Trinajstić information content (AvgIpc) is 3.59. The van der Waals surface area contributed by atoms with Gasteiger partial charge >= 0.3 is 0 Å². The number of nitriles is 1. The van der Waals surface area contributed by atoms with Crippen LogP contribution in [0.2, 0.25) is 0 Å². The first-order chi connectivity index (χ1) is 21.1. The van der Waals surface area contributed by atoms with Crippen molar-refractivity contribution in [2.24, 2.45) is 0 Å². The molecule has 1 saturated heterocycles. The molecule has 11 heteroatoms. The molecule has 10 nitrogen and oxygen atoms in total. The van der Waals surface area contributed by atoms with Crippen molar-refractivity contribution in [2.75, 3.05) is 20.4 Å². The number of aromatic hydroxyl groups is 2. The molecule has 5 heterocycles. The number of hydrogen-bond acceptors (Lipinski definition) is 9. The van der Waals surface area contributed by atoms with Gasteiger partial charge in [0.05, 0.1) is 29.3 Å². The molecule has 0 saturated carbocycles. The molecule has 2 bridgehead atoms. The number of carbonyl (C=O) groups is 2. The molecular formula is C34H32AcN4O6. The molecule has 2 amide bonds. The minimum Gasteiger partial charge on any atom is -0.507 e. The zero-order valence-electron chi connectivity index (χ0n) is 25.5. The number of rotatable bonds is 2. The van der Waals surface area contributed by atoms with Crippen molar-refractivity contribution in [2.45, 2.75) is 63.8 Å². The monoisotopic (exact) mass is 819 g/mol. The van der Waals surface area contributed by atoms with E-state index in [0.29, 0.717) is 52.2 Å². The van der Waals surface area contributed by atoms with Gasteiger partial charge in [-0.15, -0.1) is 0 Å². The summed E-state index contributed by atoms with van der Waals surface area (Å²) in [5.74, 6) is 0.455. The van der Waals surface area contributed by atoms with Gasteiger partial charge in [0.1, 0.15) is 17.5 Å². The molecule has 227 valence electrons. The third-order valence-corrected chi connectivity index (χ3v) is 10.7. The SMILES string of the molecule is Cc1cc2c(c(O)c1C)[C@@H]1C3Cc4c(O)c(C)c5c(c4[C@H](CN4C(=O)c6ccccc6C4=O)N3[C@@H](C#N)[C@H](C2)N1C)OCO5.[Ac]. The standard InChI is InChI=1S/C34H32N4O6.Ac/c1-15-9-18-10-22-24(12-35)38-23(28(36(22)4)26(18)30(40)16(15)2)11-21-27(32-31(43-14-44-32)17(3)29(21)39)25(38)13-37-33(41)19-7-5-6-8-20(19)34(37)42;/h5-9,22-25,28,39-40H,10-11,13-14H2,1-4H3;/t22-,23?,24-,25-,28-;/m0./s1. The predicted octanol–water partition coefficient (Wildman–Crippen LogP) is 3.82. The van der Waals surface area contributed by atoms with Crippen LogP contribution in [0, 0.1) is 76.2 Å². The minimum atomic E-state index is -0.675. The molecule has 3 aromatic rings. The van der Waals surface area contributed by atoms with Gasteiger partial charge in [-0.2, -0.15) is 5.26 Å². The Morgan fingerprint density at radius 1 is 0.933 bits per heavy atom. The fourth-order valence-corrected chi connectivity index (χ4v) is 8.46. The minimum absolute atomic E-state index is 0. The Hall–Kier alpha value is -3.15. The van der Waals surface area contributed by atoms with E-state index in [1.165, 1.54) is 4.90 Å². The fourth-order valence-electron chi connectivity index (χ4n) is 8.46. The number of hydrogen-bond donors (Lipinski definition) is 2. The Morgan fingerprint density at radius 3 is 2.27 bits per heavy atom. The molecule has 1 fully saturated rings. The van der Waals surface area contributed by atoms with E-state index < -0.39 is 23.9 Å². The molecule has 8 rings (SSSR count). The van der Waals surface area contributed by atoms with Crippen molar-refractivity contribution in [3.63, 3.8) is 0 Å². The number of benzene rings is 3. The van der Waals surface area contributed by atoms with Crippen LogP contribution < -0.4 is 9.47 Å². The quantitative estimate of drug-likeness (QED) is 0.372. The van der Waals surface area contributed by atoms with E-state index in [0.717, 1.165) is 22.3 Å². The van der Waals surface area contributed by atoms with Crippen LogP contribution in [0.1, 0.15) is 71.7 Å². The number of likely N-dealkylation sites (N-methyl/N-ethyl adjacent to an activating group) is 1. The molecule has 5 aliphatic heterocycles. The van der Waals surface area contributed by atoms with Crippen molar-refractivity contribution in [1.82, 2.24) is 14.7 Å². The number of phenolic OH excluding ortho intramolecular Hbond substituents is 2. The third-order valence-electron chi connectivity index (χ3n) is 10.7. The Balaban J connectivity index is 0.00000325. The van der Waals surface area contributed by atoms with E-state index >= 15 is 0 Å². The maximum absolute atomic E-state index is 13.7. The third kappa shape index (κ3) is 4.02. The van der Waals surface area contributed by atoms with Crippen molar-refractivity contribution in [3.05, 3.63) is 80.4 Å². The Morgan fingerprint density at radius 2 is 1.60 bits per heavy atom. The van der Waals surface area contributed by atoms with Crippen LogP contribution in [0.5, 0.6) is 23.0 Å². The first kappa shape index (κ1) is 30.5. The Bertz CT molecular complexity index is 1840. The van der Waals surface area contributed by atoms with Crippen LogP contribution >= 0.6 is 0 Å². The summed E-state index contributed by atoms with van der Waals surface area (Å²) >= 11 is 0. The molecule has 45 heavy (non-hydrogen) atoms. The van der Waals surface area contributed by atoms with Gasteiger partial charge in [-0.1, -0.05) is 18.2 Å². The van der Waals surface area contributed by atoms with Crippen molar-refractivity contribution in [1.29, 1.82) is 5.26 Å². The molecule has 0 aliphatic carbocycles. The molecule has 5 aliphatic rings. The Kier molecular flexibility index (Phi) is 7.26. The number of carbonyl (C=O) groups excluding carboxylic acids is 2. The molecule has 0 aromatic heterocycles. The van der Waals surface area contributed by atoms with Crippen molar-refractivity contribution < 1.29 is 73.3 Å². The van der Waals surface area contributed by atoms with E-state index in [9.17, 15) is 25.1 Å². The largest absolute Gasteiger partial charge is 0.507 e. The second-order valence-corrected chi connectivity index (χ2v) is 12.6. The van der Waals surface area contributed by atoms with E-state index in [-0.39, 0.29) is 87.0 Å². The smallest absolute Gasteiger partial charge is 0.261 e. The zero-order valence-corrected chi connectivity index (χ0v) is 30.2. The van der Waals surface area contributed by atoms with Crippen molar-refractivity contribution in [3.8, 4) is 29.1 Å². The number of amides is 2. The van der Waals surface area contributed by atoms with Crippen LogP contribution in [0.25, 0.3) is 0 Å². The molecule has 1 unspecified atom stereocenters. The summed E-state index contributed by atoms with van der Waals surface area (Å²) in [5.41, 5.74) is 6.19. The number of phenols is 2.